The lowest BCUT2D eigenvalue weighted by Crippen LogP contribution is -2.09. The Morgan fingerprint density at radius 1 is 0.958 bits per heavy atom. The molecule has 0 bridgehead atoms. The Morgan fingerprint density at radius 3 is 2.75 bits per heavy atom. The summed E-state index contributed by atoms with van der Waals surface area (Å²) in [7, 11) is 0. The Labute approximate surface area is 136 Å². The van der Waals surface area contributed by atoms with Crippen LogP contribution in [0.25, 0.3) is 21.7 Å². The molecule has 2 heterocycles. The SMILES string of the molecule is O=C(Oc1cnc2ccc(F)cc2c1)c1cncc2ccccc12. The highest BCUT2D eigenvalue weighted by molar-refractivity contribution is 6.04. The van der Waals surface area contributed by atoms with Crippen molar-refractivity contribution in [2.75, 3.05) is 0 Å². The zero-order valence-corrected chi connectivity index (χ0v) is 12.4. The predicted molar refractivity (Wildman–Crippen MR) is 88.4 cm³/mol. The van der Waals surface area contributed by atoms with E-state index in [0.29, 0.717) is 16.5 Å². The van der Waals surface area contributed by atoms with Gasteiger partial charge >= 0.3 is 5.97 Å². The van der Waals surface area contributed by atoms with Gasteiger partial charge in [0.05, 0.1) is 17.3 Å². The summed E-state index contributed by atoms with van der Waals surface area (Å²) in [4.78, 5) is 20.7. The van der Waals surface area contributed by atoms with E-state index < -0.39 is 5.97 Å². The van der Waals surface area contributed by atoms with Gasteiger partial charge in [0.1, 0.15) is 11.6 Å². The fourth-order valence-corrected chi connectivity index (χ4v) is 2.58. The topological polar surface area (TPSA) is 52.1 Å². The average molecular weight is 318 g/mol. The molecule has 0 aliphatic rings. The minimum Gasteiger partial charge on any atom is -0.421 e. The largest absolute Gasteiger partial charge is 0.421 e. The van der Waals surface area contributed by atoms with Gasteiger partial charge < -0.3 is 4.74 Å². The third kappa shape index (κ3) is 2.56. The van der Waals surface area contributed by atoms with Crippen molar-refractivity contribution in [1.82, 2.24) is 9.97 Å². The Hall–Kier alpha value is -3.34. The minimum absolute atomic E-state index is 0.256. The normalized spacial score (nSPS) is 10.9. The highest BCUT2D eigenvalue weighted by Crippen LogP contribution is 2.22. The molecule has 116 valence electrons. The van der Waals surface area contributed by atoms with Crippen LogP contribution < -0.4 is 4.74 Å². The molecular formula is C19H11FN2O2. The van der Waals surface area contributed by atoms with E-state index in [0.717, 1.165) is 10.8 Å². The summed E-state index contributed by atoms with van der Waals surface area (Å²) in [6, 6.07) is 13.3. The first-order chi connectivity index (χ1) is 11.7. The van der Waals surface area contributed by atoms with Gasteiger partial charge in [0.2, 0.25) is 0 Å². The van der Waals surface area contributed by atoms with Crippen LogP contribution in [0, 0.1) is 5.82 Å². The van der Waals surface area contributed by atoms with Gasteiger partial charge in [-0.1, -0.05) is 24.3 Å². The van der Waals surface area contributed by atoms with Crippen LogP contribution in [-0.2, 0) is 0 Å². The molecule has 24 heavy (non-hydrogen) atoms. The summed E-state index contributed by atoms with van der Waals surface area (Å²) < 4.78 is 18.7. The lowest BCUT2D eigenvalue weighted by molar-refractivity contribution is 0.0736. The van der Waals surface area contributed by atoms with Crippen molar-refractivity contribution in [2.24, 2.45) is 0 Å². The quantitative estimate of drug-likeness (QED) is 0.521. The summed E-state index contributed by atoms with van der Waals surface area (Å²) >= 11 is 0. The molecule has 0 amide bonds. The van der Waals surface area contributed by atoms with Gasteiger partial charge in [0.25, 0.3) is 0 Å². The third-order valence-corrected chi connectivity index (χ3v) is 3.72. The molecule has 4 nitrogen and oxygen atoms in total. The molecule has 4 rings (SSSR count). The number of fused-ring (bicyclic) bond motifs is 2. The number of ether oxygens (including phenoxy) is 1. The first-order valence-corrected chi connectivity index (χ1v) is 7.31. The van der Waals surface area contributed by atoms with Gasteiger partial charge in [0, 0.05) is 23.2 Å². The first-order valence-electron chi connectivity index (χ1n) is 7.31. The van der Waals surface area contributed by atoms with E-state index in [2.05, 4.69) is 9.97 Å². The lowest BCUT2D eigenvalue weighted by atomic mass is 10.1. The monoisotopic (exact) mass is 318 g/mol. The second-order valence-corrected chi connectivity index (χ2v) is 5.31. The zero-order chi connectivity index (χ0) is 16.5. The summed E-state index contributed by atoms with van der Waals surface area (Å²) in [6.45, 7) is 0. The van der Waals surface area contributed by atoms with E-state index in [1.54, 1.807) is 18.3 Å². The lowest BCUT2D eigenvalue weighted by Gasteiger charge is -2.07. The standard InChI is InChI=1S/C19H11FN2O2/c20-14-5-6-18-13(7-14)8-15(10-22-18)24-19(23)17-11-21-9-12-3-1-2-4-16(12)17/h1-11H. The Bertz CT molecular complexity index is 1070. The number of esters is 1. The maximum atomic E-state index is 13.3. The van der Waals surface area contributed by atoms with Crippen molar-refractivity contribution in [3.05, 3.63) is 78.5 Å². The zero-order valence-electron chi connectivity index (χ0n) is 12.4. The van der Waals surface area contributed by atoms with Crippen molar-refractivity contribution in [3.8, 4) is 5.75 Å². The van der Waals surface area contributed by atoms with Crippen LogP contribution in [0.3, 0.4) is 0 Å². The molecular weight excluding hydrogens is 307 g/mol. The maximum absolute atomic E-state index is 13.3. The summed E-state index contributed by atoms with van der Waals surface area (Å²) in [5.74, 6) is -0.645. The van der Waals surface area contributed by atoms with Crippen molar-refractivity contribution in [3.63, 3.8) is 0 Å². The van der Waals surface area contributed by atoms with E-state index in [1.807, 2.05) is 24.3 Å². The van der Waals surface area contributed by atoms with Crippen LogP contribution in [0.5, 0.6) is 5.75 Å². The maximum Gasteiger partial charge on any atom is 0.345 e. The van der Waals surface area contributed by atoms with E-state index in [-0.39, 0.29) is 11.6 Å². The molecule has 0 spiro atoms. The summed E-state index contributed by atoms with van der Waals surface area (Å²) in [5, 5.41) is 2.18. The molecule has 2 aromatic heterocycles. The number of nitrogens with zero attached hydrogens (tertiary/aromatic N) is 2. The number of rotatable bonds is 2. The minimum atomic E-state index is -0.531. The van der Waals surface area contributed by atoms with Crippen molar-refractivity contribution < 1.29 is 13.9 Å². The molecule has 0 aliphatic heterocycles. The molecule has 5 heteroatoms. The van der Waals surface area contributed by atoms with Gasteiger partial charge in [-0.2, -0.15) is 0 Å². The summed E-state index contributed by atoms with van der Waals surface area (Å²) in [5.41, 5.74) is 0.996. The molecule has 4 aromatic rings. The summed E-state index contributed by atoms with van der Waals surface area (Å²) in [6.07, 6.45) is 4.60. The van der Waals surface area contributed by atoms with Crippen LogP contribution in [0.15, 0.2) is 67.1 Å². The van der Waals surface area contributed by atoms with E-state index in [1.165, 1.54) is 24.5 Å². The van der Waals surface area contributed by atoms with Crippen LogP contribution >= 0.6 is 0 Å². The Balaban J connectivity index is 1.70. The van der Waals surface area contributed by atoms with Gasteiger partial charge in [0.15, 0.2) is 0 Å². The van der Waals surface area contributed by atoms with Crippen LogP contribution in [0.2, 0.25) is 0 Å². The highest BCUT2D eigenvalue weighted by Gasteiger charge is 2.13. The number of benzene rings is 2. The number of hydrogen-bond donors (Lipinski definition) is 0. The van der Waals surface area contributed by atoms with Gasteiger partial charge in [-0.15, -0.1) is 0 Å². The molecule has 0 unspecified atom stereocenters. The van der Waals surface area contributed by atoms with Gasteiger partial charge in [-0.3, -0.25) is 9.97 Å². The van der Waals surface area contributed by atoms with Crippen LogP contribution in [0.1, 0.15) is 10.4 Å². The third-order valence-electron chi connectivity index (χ3n) is 3.72. The molecule has 0 saturated carbocycles. The Kier molecular flexibility index (Phi) is 3.39. The van der Waals surface area contributed by atoms with Crippen molar-refractivity contribution in [2.45, 2.75) is 0 Å². The fraction of sp³-hybridized carbons (Fsp3) is 0. The molecule has 0 saturated heterocycles. The number of halogens is 1. The molecule has 0 N–H and O–H groups in total. The smallest absolute Gasteiger partial charge is 0.345 e. The van der Waals surface area contributed by atoms with E-state index in [9.17, 15) is 9.18 Å². The fourth-order valence-electron chi connectivity index (χ4n) is 2.58. The predicted octanol–water partition coefficient (Wildman–Crippen LogP) is 4.14. The second-order valence-electron chi connectivity index (χ2n) is 5.31. The second kappa shape index (κ2) is 5.70. The number of carbonyl (C=O) groups is 1. The van der Waals surface area contributed by atoms with Crippen LogP contribution in [0.4, 0.5) is 4.39 Å². The number of pyridine rings is 2. The first kappa shape index (κ1) is 14.3. The molecule has 0 atom stereocenters. The number of hydrogen-bond acceptors (Lipinski definition) is 4. The number of carbonyl (C=O) groups excluding carboxylic acids is 1. The average Bonchev–Trinajstić information content (AvgIpc) is 2.61. The van der Waals surface area contributed by atoms with Crippen molar-refractivity contribution >= 4 is 27.6 Å². The molecule has 0 aliphatic carbocycles. The molecule has 0 radical (unpaired) electrons. The molecule has 0 fully saturated rings. The van der Waals surface area contributed by atoms with Crippen molar-refractivity contribution in [1.29, 1.82) is 0 Å². The van der Waals surface area contributed by atoms with Gasteiger partial charge in [-0.05, 0) is 29.7 Å². The van der Waals surface area contributed by atoms with E-state index in [4.69, 9.17) is 4.74 Å². The number of aromatic nitrogens is 2. The van der Waals surface area contributed by atoms with Crippen LogP contribution in [-0.4, -0.2) is 15.9 Å². The Morgan fingerprint density at radius 2 is 1.83 bits per heavy atom. The molecule has 2 aromatic carbocycles. The highest BCUT2D eigenvalue weighted by atomic mass is 19.1. The van der Waals surface area contributed by atoms with E-state index >= 15 is 0 Å². The van der Waals surface area contributed by atoms with Gasteiger partial charge in [-0.25, -0.2) is 9.18 Å².